The topological polar surface area (TPSA) is 72.5 Å². The van der Waals surface area contributed by atoms with Crippen LogP contribution in [0.4, 0.5) is 5.69 Å². The number of hydrogen-bond donors (Lipinski definition) is 2. The number of anilines is 1. The number of carboxylic acids is 1. The summed E-state index contributed by atoms with van der Waals surface area (Å²) in [6.07, 6.45) is 0. The molecule has 0 saturated heterocycles. The van der Waals surface area contributed by atoms with E-state index in [-0.39, 0.29) is 11.3 Å². The molecule has 0 aliphatic carbocycles. The lowest BCUT2D eigenvalue weighted by molar-refractivity contribution is 0.0698. The van der Waals surface area contributed by atoms with Gasteiger partial charge in [-0.15, -0.1) is 0 Å². The van der Waals surface area contributed by atoms with Crippen molar-refractivity contribution in [3.05, 3.63) is 23.8 Å². The van der Waals surface area contributed by atoms with Gasteiger partial charge < -0.3 is 15.6 Å². The molecule has 0 fully saturated rings. The van der Waals surface area contributed by atoms with E-state index in [2.05, 4.69) is 6.92 Å². The van der Waals surface area contributed by atoms with Crippen molar-refractivity contribution >= 4 is 23.4 Å². The van der Waals surface area contributed by atoms with Crippen LogP contribution in [0.15, 0.2) is 18.2 Å². The Kier molecular flexibility index (Phi) is 4.98. The summed E-state index contributed by atoms with van der Waals surface area (Å²) in [6, 6.07) is 4.62. The molecule has 0 amide bonds. The number of aromatic carboxylic acids is 1. The molecule has 0 unspecified atom stereocenters. The fourth-order valence-corrected chi connectivity index (χ4v) is 1.68. The maximum absolute atomic E-state index is 10.7. The number of rotatable bonds is 6. The average molecular weight is 241 g/mol. The summed E-state index contributed by atoms with van der Waals surface area (Å²) in [5, 5.41) is 8.78. The number of nitrogens with two attached hydrogens (primary N) is 1. The highest BCUT2D eigenvalue weighted by molar-refractivity contribution is 7.99. The Bertz CT molecular complexity index is 368. The number of hydrogen-bond acceptors (Lipinski definition) is 4. The number of nitrogen functional groups attached to an aromatic ring is 1. The molecular weight excluding hydrogens is 226 g/mol. The molecule has 1 rings (SSSR count). The Balaban J connectivity index is 2.56. The van der Waals surface area contributed by atoms with Crippen LogP contribution in [0, 0.1) is 0 Å². The second-order valence-corrected chi connectivity index (χ2v) is 4.49. The van der Waals surface area contributed by atoms with E-state index in [4.69, 9.17) is 15.6 Å². The quantitative estimate of drug-likeness (QED) is 0.589. The first-order chi connectivity index (χ1) is 7.65. The van der Waals surface area contributed by atoms with E-state index < -0.39 is 5.97 Å². The molecule has 16 heavy (non-hydrogen) atoms. The largest absolute Gasteiger partial charge is 0.493 e. The lowest BCUT2D eigenvalue weighted by atomic mass is 10.2. The van der Waals surface area contributed by atoms with E-state index in [1.807, 2.05) is 0 Å². The molecule has 1 aromatic carbocycles. The minimum Gasteiger partial charge on any atom is -0.493 e. The molecule has 5 heteroatoms. The van der Waals surface area contributed by atoms with Crippen LogP contribution >= 0.6 is 11.8 Å². The molecule has 88 valence electrons. The summed E-state index contributed by atoms with van der Waals surface area (Å²) in [4.78, 5) is 10.7. The summed E-state index contributed by atoms with van der Waals surface area (Å²) >= 11 is 1.79. The van der Waals surface area contributed by atoms with Crippen LogP contribution in [-0.4, -0.2) is 29.2 Å². The Morgan fingerprint density at radius 1 is 1.56 bits per heavy atom. The van der Waals surface area contributed by atoms with Crippen molar-refractivity contribution in [2.45, 2.75) is 6.92 Å². The van der Waals surface area contributed by atoms with Crippen molar-refractivity contribution in [1.82, 2.24) is 0 Å². The molecule has 0 aliphatic rings. The molecule has 0 heterocycles. The van der Waals surface area contributed by atoms with Gasteiger partial charge in [-0.1, -0.05) is 6.92 Å². The van der Waals surface area contributed by atoms with E-state index >= 15 is 0 Å². The Morgan fingerprint density at radius 2 is 2.31 bits per heavy atom. The van der Waals surface area contributed by atoms with Crippen LogP contribution in [0.3, 0.4) is 0 Å². The van der Waals surface area contributed by atoms with Crippen molar-refractivity contribution in [2.24, 2.45) is 0 Å². The van der Waals surface area contributed by atoms with E-state index in [1.165, 1.54) is 6.07 Å². The molecule has 0 bridgehead atoms. The van der Waals surface area contributed by atoms with Crippen molar-refractivity contribution in [2.75, 3.05) is 23.8 Å². The summed E-state index contributed by atoms with van der Waals surface area (Å²) in [5.41, 5.74) is 5.92. The molecule has 0 radical (unpaired) electrons. The second kappa shape index (κ2) is 6.27. The van der Waals surface area contributed by atoms with Gasteiger partial charge in [-0.2, -0.15) is 11.8 Å². The van der Waals surface area contributed by atoms with Gasteiger partial charge in [0.2, 0.25) is 0 Å². The zero-order chi connectivity index (χ0) is 12.0. The second-order valence-electron chi connectivity index (χ2n) is 3.10. The van der Waals surface area contributed by atoms with E-state index in [0.29, 0.717) is 12.4 Å². The smallest absolute Gasteiger partial charge is 0.337 e. The standard InChI is InChI=1S/C11H15NO3S/c1-2-16-6-5-15-8-3-4-9(11(13)14)10(12)7-8/h3-4,7H,2,5-6,12H2,1H3,(H,13,14). The normalized spacial score (nSPS) is 10.1. The third-order valence-corrected chi connectivity index (χ3v) is 2.82. The fraction of sp³-hybridized carbons (Fsp3) is 0.364. The molecule has 0 atom stereocenters. The van der Waals surface area contributed by atoms with Gasteiger partial charge in [0.15, 0.2) is 0 Å². The average Bonchev–Trinajstić information content (AvgIpc) is 2.24. The summed E-state index contributed by atoms with van der Waals surface area (Å²) in [7, 11) is 0. The van der Waals surface area contributed by atoms with Gasteiger partial charge in [0.25, 0.3) is 0 Å². The highest BCUT2D eigenvalue weighted by Gasteiger charge is 2.08. The molecule has 3 N–H and O–H groups in total. The van der Waals surface area contributed by atoms with Gasteiger partial charge in [0.1, 0.15) is 5.75 Å². The first kappa shape index (κ1) is 12.7. The summed E-state index contributed by atoms with van der Waals surface area (Å²) in [6.45, 7) is 2.69. The number of carbonyl (C=O) groups is 1. The summed E-state index contributed by atoms with van der Waals surface area (Å²) < 4.78 is 5.43. The maximum Gasteiger partial charge on any atom is 0.337 e. The lowest BCUT2D eigenvalue weighted by Gasteiger charge is -2.07. The maximum atomic E-state index is 10.7. The van der Waals surface area contributed by atoms with E-state index in [0.717, 1.165) is 11.5 Å². The SMILES string of the molecule is CCSCCOc1ccc(C(=O)O)c(N)c1. The van der Waals surface area contributed by atoms with Crippen LogP contribution in [0.25, 0.3) is 0 Å². The Hall–Kier alpha value is -1.36. The highest BCUT2D eigenvalue weighted by atomic mass is 32.2. The van der Waals surface area contributed by atoms with Crippen LogP contribution in [0.5, 0.6) is 5.75 Å². The van der Waals surface area contributed by atoms with Crippen LogP contribution in [-0.2, 0) is 0 Å². The molecule has 0 saturated carbocycles. The molecule has 0 aliphatic heterocycles. The number of ether oxygens (including phenoxy) is 1. The molecule has 4 nitrogen and oxygen atoms in total. The zero-order valence-electron chi connectivity index (χ0n) is 9.10. The van der Waals surface area contributed by atoms with Gasteiger partial charge in [0.05, 0.1) is 12.2 Å². The minimum absolute atomic E-state index is 0.107. The van der Waals surface area contributed by atoms with Crippen LogP contribution in [0.2, 0.25) is 0 Å². The monoisotopic (exact) mass is 241 g/mol. The minimum atomic E-state index is -1.02. The fourth-order valence-electron chi connectivity index (χ4n) is 1.19. The third kappa shape index (κ3) is 3.66. The highest BCUT2D eigenvalue weighted by Crippen LogP contribution is 2.20. The van der Waals surface area contributed by atoms with E-state index in [9.17, 15) is 4.79 Å². The molecule has 0 aromatic heterocycles. The molecular formula is C11H15NO3S. The first-order valence-corrected chi connectivity index (χ1v) is 6.14. The van der Waals surface area contributed by atoms with Crippen molar-refractivity contribution in [1.29, 1.82) is 0 Å². The zero-order valence-corrected chi connectivity index (χ0v) is 9.92. The number of carboxylic acid groups (broad SMARTS) is 1. The number of thioether (sulfide) groups is 1. The van der Waals surface area contributed by atoms with Gasteiger partial charge in [0, 0.05) is 17.5 Å². The molecule has 1 aromatic rings. The number of benzene rings is 1. The van der Waals surface area contributed by atoms with Crippen molar-refractivity contribution in [3.8, 4) is 5.75 Å². The van der Waals surface area contributed by atoms with Crippen LogP contribution < -0.4 is 10.5 Å². The molecule has 0 spiro atoms. The lowest BCUT2D eigenvalue weighted by Crippen LogP contribution is -2.04. The summed E-state index contributed by atoms with van der Waals surface area (Å²) in [5.74, 6) is 1.56. The predicted molar refractivity (Wildman–Crippen MR) is 66.3 cm³/mol. The van der Waals surface area contributed by atoms with Gasteiger partial charge in [-0.05, 0) is 17.9 Å². The van der Waals surface area contributed by atoms with E-state index in [1.54, 1.807) is 23.9 Å². The van der Waals surface area contributed by atoms with Crippen LogP contribution in [0.1, 0.15) is 17.3 Å². The third-order valence-electron chi connectivity index (χ3n) is 1.95. The van der Waals surface area contributed by atoms with Crippen molar-refractivity contribution in [3.63, 3.8) is 0 Å². The van der Waals surface area contributed by atoms with Gasteiger partial charge in [-0.3, -0.25) is 0 Å². The Morgan fingerprint density at radius 3 is 2.88 bits per heavy atom. The van der Waals surface area contributed by atoms with Crippen molar-refractivity contribution < 1.29 is 14.6 Å². The Labute approximate surface area is 98.8 Å². The van der Waals surface area contributed by atoms with Gasteiger partial charge in [-0.25, -0.2) is 4.79 Å². The van der Waals surface area contributed by atoms with Gasteiger partial charge >= 0.3 is 5.97 Å². The predicted octanol–water partition coefficient (Wildman–Crippen LogP) is 2.10. The first-order valence-electron chi connectivity index (χ1n) is 4.98.